The maximum Gasteiger partial charge on any atom is 0.257 e. The minimum atomic E-state index is -0.300. The number of ether oxygens (including phenoxy) is 1. The highest BCUT2D eigenvalue weighted by Crippen LogP contribution is 2.34. The number of para-hydroxylation sites is 1. The lowest BCUT2D eigenvalue weighted by Gasteiger charge is -2.35. The van der Waals surface area contributed by atoms with Crippen molar-refractivity contribution in [1.82, 2.24) is 15.0 Å². The highest BCUT2D eigenvalue weighted by atomic mass is 32.1. The number of nitrogens with one attached hydrogen (secondary N) is 1. The Morgan fingerprint density at radius 1 is 1.19 bits per heavy atom. The van der Waals surface area contributed by atoms with Gasteiger partial charge in [0, 0.05) is 44.4 Å². The molecule has 1 aromatic carbocycles. The van der Waals surface area contributed by atoms with Crippen molar-refractivity contribution in [3.63, 3.8) is 0 Å². The number of thiazole rings is 1. The van der Waals surface area contributed by atoms with Gasteiger partial charge in [-0.2, -0.15) is 0 Å². The van der Waals surface area contributed by atoms with Crippen molar-refractivity contribution in [2.75, 3.05) is 23.3 Å². The first kappa shape index (κ1) is 16.7. The molecule has 2 N–H and O–H groups in total. The fraction of sp³-hybridized carbons (Fsp3) is 0.421. The molecule has 0 radical (unpaired) electrons. The largest absolute Gasteiger partial charge is 0.472 e. The molecule has 7 nitrogen and oxygen atoms in total. The van der Waals surface area contributed by atoms with E-state index in [4.69, 9.17) is 4.74 Å². The van der Waals surface area contributed by atoms with Gasteiger partial charge in [-0.15, -0.1) is 0 Å². The lowest BCUT2D eigenvalue weighted by molar-refractivity contribution is 0.103. The average Bonchev–Trinajstić information content (AvgIpc) is 3.26. The fourth-order valence-electron chi connectivity index (χ4n) is 3.60. The van der Waals surface area contributed by atoms with Crippen LogP contribution >= 0.6 is 11.3 Å². The number of benzene rings is 1. The predicted octanol–water partition coefficient (Wildman–Crippen LogP) is 2.68. The number of rotatable bonds is 5. The van der Waals surface area contributed by atoms with E-state index in [-0.39, 0.29) is 12.2 Å². The van der Waals surface area contributed by atoms with Crippen molar-refractivity contribution in [2.45, 2.75) is 37.5 Å². The van der Waals surface area contributed by atoms with Gasteiger partial charge < -0.3 is 20.1 Å². The predicted molar refractivity (Wildman–Crippen MR) is 106 cm³/mol. The van der Waals surface area contributed by atoms with Crippen LogP contribution in [0, 0.1) is 0 Å². The van der Waals surface area contributed by atoms with Gasteiger partial charge in [0.1, 0.15) is 6.10 Å². The zero-order chi connectivity index (χ0) is 18.2. The molecule has 1 saturated heterocycles. The monoisotopic (exact) mass is 383 g/mol. The standard InChI is InChI=1S/C19H21N5O2S/c25-13-5-8-24(11-13)17-18(21-7-6-20-17)26-14-9-12(10-14)22-19-23-15-3-1-2-4-16(15)27-19/h1-4,6-7,12-14,25H,5,8-11H2,(H,22,23)/t12-,13?,14-. The van der Waals surface area contributed by atoms with Crippen molar-refractivity contribution in [3.05, 3.63) is 36.7 Å². The zero-order valence-corrected chi connectivity index (χ0v) is 15.6. The molecule has 1 aliphatic heterocycles. The molecule has 1 aliphatic carbocycles. The third-order valence-electron chi connectivity index (χ3n) is 5.10. The van der Waals surface area contributed by atoms with Crippen LogP contribution in [0.1, 0.15) is 19.3 Å². The maximum absolute atomic E-state index is 9.77. The van der Waals surface area contributed by atoms with Crippen LogP contribution in [0.25, 0.3) is 10.2 Å². The molecule has 2 aromatic heterocycles. The first-order valence-corrected chi connectivity index (χ1v) is 10.1. The summed E-state index contributed by atoms with van der Waals surface area (Å²) in [5.74, 6) is 1.30. The van der Waals surface area contributed by atoms with Crippen LogP contribution in [-0.4, -0.2) is 51.4 Å². The van der Waals surface area contributed by atoms with E-state index in [0.717, 1.165) is 42.3 Å². The van der Waals surface area contributed by atoms with E-state index in [9.17, 15) is 5.11 Å². The minimum absolute atomic E-state index is 0.125. The van der Waals surface area contributed by atoms with Gasteiger partial charge in [-0.3, -0.25) is 0 Å². The summed E-state index contributed by atoms with van der Waals surface area (Å²) in [6.07, 6.45) is 5.73. The number of β-amino-alcohol motifs (C(OH)–C–C–N with tert-alkyl or cyclic N) is 1. The van der Waals surface area contributed by atoms with Crippen LogP contribution in [0.3, 0.4) is 0 Å². The Morgan fingerprint density at radius 2 is 2.04 bits per heavy atom. The van der Waals surface area contributed by atoms with Crippen LogP contribution in [0.2, 0.25) is 0 Å². The molecule has 0 amide bonds. The van der Waals surface area contributed by atoms with E-state index in [1.807, 2.05) is 23.1 Å². The Labute approximate surface area is 161 Å². The van der Waals surface area contributed by atoms with E-state index in [2.05, 4.69) is 26.3 Å². The van der Waals surface area contributed by atoms with Gasteiger partial charge in [-0.05, 0) is 18.6 Å². The Morgan fingerprint density at radius 3 is 2.85 bits per heavy atom. The first-order valence-electron chi connectivity index (χ1n) is 9.27. The van der Waals surface area contributed by atoms with E-state index in [1.54, 1.807) is 23.7 Å². The van der Waals surface area contributed by atoms with E-state index < -0.39 is 0 Å². The van der Waals surface area contributed by atoms with E-state index >= 15 is 0 Å². The average molecular weight is 383 g/mol. The summed E-state index contributed by atoms with van der Waals surface area (Å²) in [6, 6.07) is 8.54. The Balaban J connectivity index is 1.19. The summed E-state index contributed by atoms with van der Waals surface area (Å²) in [7, 11) is 0. The molecular weight excluding hydrogens is 362 g/mol. The van der Waals surface area contributed by atoms with Gasteiger partial charge in [0.15, 0.2) is 10.9 Å². The van der Waals surface area contributed by atoms with Gasteiger partial charge in [-0.25, -0.2) is 15.0 Å². The van der Waals surface area contributed by atoms with Crippen molar-refractivity contribution >= 4 is 32.5 Å². The molecule has 1 atom stereocenters. The number of hydrogen-bond acceptors (Lipinski definition) is 8. The number of nitrogens with zero attached hydrogens (tertiary/aromatic N) is 4. The van der Waals surface area contributed by atoms with Gasteiger partial charge in [0.05, 0.1) is 16.3 Å². The second-order valence-electron chi connectivity index (χ2n) is 7.11. The number of aromatic nitrogens is 3. The topological polar surface area (TPSA) is 83.4 Å². The molecule has 3 aromatic rings. The summed E-state index contributed by atoms with van der Waals surface area (Å²) in [4.78, 5) is 15.5. The summed E-state index contributed by atoms with van der Waals surface area (Å²) in [5, 5.41) is 14.2. The summed E-state index contributed by atoms with van der Waals surface area (Å²) in [5.41, 5.74) is 1.04. The van der Waals surface area contributed by atoms with Crippen molar-refractivity contribution in [1.29, 1.82) is 0 Å². The number of hydrogen-bond donors (Lipinski definition) is 2. The second kappa shape index (κ2) is 6.94. The molecule has 3 heterocycles. The second-order valence-corrected chi connectivity index (χ2v) is 8.14. The molecule has 27 heavy (non-hydrogen) atoms. The minimum Gasteiger partial charge on any atom is -0.472 e. The number of aliphatic hydroxyl groups excluding tert-OH is 1. The van der Waals surface area contributed by atoms with Gasteiger partial charge in [0.2, 0.25) is 0 Å². The van der Waals surface area contributed by atoms with Gasteiger partial charge in [0.25, 0.3) is 5.88 Å². The Hall–Kier alpha value is -2.45. The molecule has 0 spiro atoms. The van der Waals surface area contributed by atoms with Crippen molar-refractivity contribution in [3.8, 4) is 5.88 Å². The normalized spacial score (nSPS) is 24.8. The number of aliphatic hydroxyl groups is 1. The Bertz CT molecular complexity index is 910. The van der Waals surface area contributed by atoms with Gasteiger partial charge >= 0.3 is 0 Å². The van der Waals surface area contributed by atoms with E-state index in [0.29, 0.717) is 18.5 Å². The molecule has 5 rings (SSSR count). The molecule has 8 heteroatoms. The highest BCUT2D eigenvalue weighted by molar-refractivity contribution is 7.22. The smallest absolute Gasteiger partial charge is 0.257 e. The molecule has 140 valence electrons. The molecule has 1 unspecified atom stereocenters. The molecule has 2 fully saturated rings. The lowest BCUT2D eigenvalue weighted by atomic mass is 9.89. The van der Waals surface area contributed by atoms with Crippen LogP contribution in [0.15, 0.2) is 36.7 Å². The Kier molecular flexibility index (Phi) is 4.29. The molecule has 0 bridgehead atoms. The molecule has 2 aliphatic rings. The van der Waals surface area contributed by atoms with Crippen LogP contribution in [-0.2, 0) is 0 Å². The van der Waals surface area contributed by atoms with Crippen LogP contribution in [0.4, 0.5) is 10.9 Å². The van der Waals surface area contributed by atoms with E-state index in [1.165, 1.54) is 4.70 Å². The highest BCUT2D eigenvalue weighted by Gasteiger charge is 2.33. The third kappa shape index (κ3) is 3.42. The number of fused-ring (bicyclic) bond motifs is 1. The van der Waals surface area contributed by atoms with Gasteiger partial charge in [-0.1, -0.05) is 23.5 Å². The quantitative estimate of drug-likeness (QED) is 0.701. The van der Waals surface area contributed by atoms with Crippen molar-refractivity contribution in [2.24, 2.45) is 0 Å². The SMILES string of the molecule is OC1CCN(c2nccnc2O[C@H]2C[C@H](Nc3nc4ccccc4s3)C2)C1. The summed E-state index contributed by atoms with van der Waals surface area (Å²) < 4.78 is 7.30. The third-order valence-corrected chi connectivity index (χ3v) is 6.07. The maximum atomic E-state index is 9.77. The van der Waals surface area contributed by atoms with Crippen LogP contribution < -0.4 is 15.0 Å². The summed E-state index contributed by atoms with van der Waals surface area (Å²) in [6.45, 7) is 1.37. The lowest BCUT2D eigenvalue weighted by Crippen LogP contribution is -2.43. The van der Waals surface area contributed by atoms with Crippen molar-refractivity contribution < 1.29 is 9.84 Å². The molecular formula is C19H21N5O2S. The van der Waals surface area contributed by atoms with Crippen LogP contribution in [0.5, 0.6) is 5.88 Å². The first-order chi connectivity index (χ1) is 13.2. The summed E-state index contributed by atoms with van der Waals surface area (Å²) >= 11 is 1.68. The number of anilines is 2. The molecule has 1 saturated carbocycles. The fourth-order valence-corrected chi connectivity index (χ4v) is 4.54. The zero-order valence-electron chi connectivity index (χ0n) is 14.8.